The average Bonchev–Trinajstić information content (AvgIpc) is 2.77. The number of thiophene rings is 1. The van der Waals surface area contributed by atoms with Crippen molar-refractivity contribution in [1.29, 1.82) is 0 Å². The highest BCUT2D eigenvalue weighted by Crippen LogP contribution is 2.27. The Morgan fingerprint density at radius 3 is 2.76 bits per heavy atom. The van der Waals surface area contributed by atoms with Crippen LogP contribution in [0.1, 0.15) is 21.7 Å². The maximum atomic E-state index is 12.4. The fourth-order valence-electron chi connectivity index (χ4n) is 1.95. The summed E-state index contributed by atoms with van der Waals surface area (Å²) in [4.78, 5) is 41.5. The molecular formula is C13H15N3O4S. The van der Waals surface area contributed by atoms with E-state index in [1.807, 2.05) is 0 Å². The van der Waals surface area contributed by atoms with Gasteiger partial charge in [-0.3, -0.25) is 14.4 Å². The van der Waals surface area contributed by atoms with Gasteiger partial charge in [0.15, 0.2) is 0 Å². The van der Waals surface area contributed by atoms with Gasteiger partial charge in [0.2, 0.25) is 0 Å². The third kappa shape index (κ3) is 2.80. The van der Waals surface area contributed by atoms with Crippen LogP contribution in [-0.4, -0.2) is 45.0 Å². The van der Waals surface area contributed by atoms with Gasteiger partial charge in [-0.1, -0.05) is 0 Å². The third-order valence-electron chi connectivity index (χ3n) is 3.21. The van der Waals surface area contributed by atoms with Crippen LogP contribution in [0, 0.1) is 6.92 Å². The largest absolute Gasteiger partial charge is 0.481 e. The highest BCUT2D eigenvalue weighted by molar-refractivity contribution is 7.20. The van der Waals surface area contributed by atoms with E-state index in [1.165, 1.54) is 15.8 Å². The quantitative estimate of drug-likeness (QED) is 0.904. The zero-order valence-corrected chi connectivity index (χ0v) is 12.7. The standard InChI is InChI=1S/C13H15N3O4S/c1-7-9-11(14-6-16(3)12(9)19)21-10(7)13(20)15(2)5-4-8(17)18/h6H,4-5H2,1-3H3,(H,17,18). The molecule has 0 radical (unpaired) electrons. The first-order valence-electron chi connectivity index (χ1n) is 6.25. The third-order valence-corrected chi connectivity index (χ3v) is 4.40. The van der Waals surface area contributed by atoms with E-state index in [0.29, 0.717) is 20.7 Å². The summed E-state index contributed by atoms with van der Waals surface area (Å²) in [5.41, 5.74) is 0.400. The summed E-state index contributed by atoms with van der Waals surface area (Å²) >= 11 is 1.15. The Morgan fingerprint density at radius 1 is 1.48 bits per heavy atom. The lowest BCUT2D eigenvalue weighted by molar-refractivity contribution is -0.137. The van der Waals surface area contributed by atoms with Crippen LogP contribution in [0.3, 0.4) is 0 Å². The van der Waals surface area contributed by atoms with E-state index in [0.717, 1.165) is 11.3 Å². The van der Waals surface area contributed by atoms with Crippen molar-refractivity contribution in [3.8, 4) is 0 Å². The van der Waals surface area contributed by atoms with Crippen molar-refractivity contribution >= 4 is 33.4 Å². The summed E-state index contributed by atoms with van der Waals surface area (Å²) in [7, 11) is 3.15. The van der Waals surface area contributed by atoms with E-state index in [-0.39, 0.29) is 24.4 Å². The minimum absolute atomic E-state index is 0.118. The number of carboxylic acid groups (broad SMARTS) is 1. The number of amides is 1. The number of hydrogen-bond acceptors (Lipinski definition) is 5. The van der Waals surface area contributed by atoms with Crippen LogP contribution < -0.4 is 5.56 Å². The Hall–Kier alpha value is -2.22. The van der Waals surface area contributed by atoms with Crippen LogP contribution >= 0.6 is 11.3 Å². The van der Waals surface area contributed by atoms with E-state index in [2.05, 4.69) is 4.98 Å². The minimum atomic E-state index is -0.960. The van der Waals surface area contributed by atoms with Gasteiger partial charge in [0.25, 0.3) is 11.5 Å². The lowest BCUT2D eigenvalue weighted by atomic mass is 10.2. The topological polar surface area (TPSA) is 92.5 Å². The second kappa shape index (κ2) is 5.65. The Balaban J connectivity index is 2.41. The van der Waals surface area contributed by atoms with E-state index >= 15 is 0 Å². The van der Waals surface area contributed by atoms with Crippen LogP contribution in [0.25, 0.3) is 10.2 Å². The van der Waals surface area contributed by atoms with Crippen molar-refractivity contribution in [2.75, 3.05) is 13.6 Å². The maximum Gasteiger partial charge on any atom is 0.305 e. The number of carboxylic acids is 1. The predicted molar refractivity (Wildman–Crippen MR) is 78.8 cm³/mol. The van der Waals surface area contributed by atoms with Gasteiger partial charge in [-0.15, -0.1) is 11.3 Å². The number of carbonyl (C=O) groups is 2. The van der Waals surface area contributed by atoms with E-state index < -0.39 is 5.97 Å². The summed E-state index contributed by atoms with van der Waals surface area (Å²) in [5, 5.41) is 9.11. The molecule has 2 rings (SSSR count). The monoisotopic (exact) mass is 309 g/mol. The van der Waals surface area contributed by atoms with Crippen molar-refractivity contribution in [1.82, 2.24) is 14.5 Å². The molecule has 0 atom stereocenters. The summed E-state index contributed by atoms with van der Waals surface area (Å²) in [6.07, 6.45) is 1.30. The first kappa shape index (κ1) is 15.2. The molecular weight excluding hydrogens is 294 g/mol. The number of carbonyl (C=O) groups excluding carboxylic acids is 1. The molecule has 2 aromatic heterocycles. The van der Waals surface area contributed by atoms with Gasteiger partial charge in [-0.2, -0.15) is 0 Å². The van der Waals surface area contributed by atoms with E-state index in [1.54, 1.807) is 21.0 Å². The zero-order chi connectivity index (χ0) is 15.7. The molecule has 0 aromatic carbocycles. The highest BCUT2D eigenvalue weighted by atomic mass is 32.1. The summed E-state index contributed by atoms with van der Waals surface area (Å²) in [5.74, 6) is -1.25. The zero-order valence-electron chi connectivity index (χ0n) is 11.9. The minimum Gasteiger partial charge on any atom is -0.481 e. The molecule has 0 aliphatic heterocycles. The Labute approximate surface area is 124 Å². The van der Waals surface area contributed by atoms with Gasteiger partial charge >= 0.3 is 5.97 Å². The number of aliphatic carboxylic acids is 1. The molecule has 2 heterocycles. The number of aromatic nitrogens is 2. The summed E-state index contributed by atoms with van der Waals surface area (Å²) in [6, 6.07) is 0. The number of aryl methyl sites for hydroxylation is 2. The predicted octanol–water partition coefficient (Wildman–Crippen LogP) is 0.850. The molecule has 8 heteroatoms. The average molecular weight is 309 g/mol. The fourth-order valence-corrected chi connectivity index (χ4v) is 3.09. The molecule has 2 aromatic rings. The van der Waals surface area contributed by atoms with Crippen molar-refractivity contribution < 1.29 is 14.7 Å². The molecule has 0 unspecified atom stereocenters. The van der Waals surface area contributed by atoms with Crippen LogP contribution in [0.15, 0.2) is 11.1 Å². The summed E-state index contributed by atoms with van der Waals surface area (Å²) < 4.78 is 1.37. The van der Waals surface area contributed by atoms with Gasteiger partial charge in [0.1, 0.15) is 4.83 Å². The molecule has 0 spiro atoms. The summed E-state index contributed by atoms with van der Waals surface area (Å²) in [6.45, 7) is 1.83. The first-order chi connectivity index (χ1) is 9.82. The molecule has 1 amide bonds. The van der Waals surface area contributed by atoms with E-state index in [9.17, 15) is 14.4 Å². The van der Waals surface area contributed by atoms with Crippen molar-refractivity contribution in [3.63, 3.8) is 0 Å². The molecule has 0 aliphatic rings. The van der Waals surface area contributed by atoms with Gasteiger partial charge in [0, 0.05) is 20.6 Å². The normalized spacial score (nSPS) is 10.8. The van der Waals surface area contributed by atoms with Gasteiger partial charge in [0.05, 0.1) is 23.0 Å². The van der Waals surface area contributed by atoms with Crippen LogP contribution in [0.5, 0.6) is 0 Å². The van der Waals surface area contributed by atoms with Crippen LogP contribution in [-0.2, 0) is 11.8 Å². The van der Waals surface area contributed by atoms with Gasteiger partial charge < -0.3 is 14.6 Å². The number of nitrogens with zero attached hydrogens (tertiary/aromatic N) is 3. The van der Waals surface area contributed by atoms with Gasteiger partial charge in [-0.05, 0) is 12.5 Å². The molecule has 0 bridgehead atoms. The molecule has 1 N–H and O–H groups in total. The molecule has 7 nitrogen and oxygen atoms in total. The first-order valence-corrected chi connectivity index (χ1v) is 7.06. The fraction of sp³-hybridized carbons (Fsp3) is 0.385. The smallest absolute Gasteiger partial charge is 0.305 e. The molecule has 0 saturated heterocycles. The number of rotatable bonds is 4. The Morgan fingerprint density at radius 2 is 2.14 bits per heavy atom. The van der Waals surface area contributed by atoms with E-state index in [4.69, 9.17) is 5.11 Å². The maximum absolute atomic E-state index is 12.4. The highest BCUT2D eigenvalue weighted by Gasteiger charge is 2.21. The number of fused-ring (bicyclic) bond motifs is 1. The lowest BCUT2D eigenvalue weighted by Crippen LogP contribution is -2.29. The molecule has 0 saturated carbocycles. The van der Waals surface area contributed by atoms with Crippen molar-refractivity contribution in [2.24, 2.45) is 7.05 Å². The van der Waals surface area contributed by atoms with Crippen LogP contribution in [0.4, 0.5) is 0 Å². The Kier molecular flexibility index (Phi) is 4.08. The van der Waals surface area contributed by atoms with Gasteiger partial charge in [-0.25, -0.2) is 4.98 Å². The van der Waals surface area contributed by atoms with Crippen molar-refractivity contribution in [2.45, 2.75) is 13.3 Å². The molecule has 0 aliphatic carbocycles. The van der Waals surface area contributed by atoms with Crippen molar-refractivity contribution in [3.05, 3.63) is 27.1 Å². The van der Waals surface area contributed by atoms with Crippen LogP contribution in [0.2, 0.25) is 0 Å². The second-order valence-electron chi connectivity index (χ2n) is 4.77. The Bertz CT molecular complexity index is 778. The lowest BCUT2D eigenvalue weighted by Gasteiger charge is -2.15. The molecule has 21 heavy (non-hydrogen) atoms. The second-order valence-corrected chi connectivity index (χ2v) is 5.77. The molecule has 0 fully saturated rings. The SMILES string of the molecule is Cc1c(C(=O)N(C)CCC(=O)O)sc2ncn(C)c(=O)c12. The number of hydrogen-bond donors (Lipinski definition) is 1. The molecule has 112 valence electrons.